The van der Waals surface area contributed by atoms with Crippen molar-refractivity contribution >= 4 is 12.1 Å². The predicted octanol–water partition coefficient (Wildman–Crippen LogP) is 1.86. The van der Waals surface area contributed by atoms with Crippen molar-refractivity contribution in [3.8, 4) is 0 Å². The molecule has 0 spiro atoms. The summed E-state index contributed by atoms with van der Waals surface area (Å²) >= 11 is 0. The molecular formula is C12H19NO4. The van der Waals surface area contributed by atoms with Crippen molar-refractivity contribution in [2.24, 2.45) is 5.41 Å². The zero-order chi connectivity index (χ0) is 13.0. The Morgan fingerprint density at radius 1 is 1.35 bits per heavy atom. The van der Waals surface area contributed by atoms with Gasteiger partial charge in [-0.05, 0) is 39.0 Å². The Kier molecular flexibility index (Phi) is 2.42. The van der Waals surface area contributed by atoms with Gasteiger partial charge in [0, 0.05) is 6.04 Å². The third-order valence-corrected chi connectivity index (χ3v) is 3.52. The molecule has 5 nitrogen and oxygen atoms in total. The SMILES string of the molecule is CC(C)(C)OC(=O)N1C(C(=O)O)CC2(C)CC12. The summed E-state index contributed by atoms with van der Waals surface area (Å²) in [6.45, 7) is 7.37. The lowest BCUT2D eigenvalue weighted by Crippen LogP contribution is -2.45. The van der Waals surface area contributed by atoms with E-state index < -0.39 is 23.7 Å². The quantitative estimate of drug-likeness (QED) is 0.761. The minimum atomic E-state index is -0.940. The van der Waals surface area contributed by atoms with Gasteiger partial charge in [-0.2, -0.15) is 0 Å². The van der Waals surface area contributed by atoms with E-state index in [0.717, 1.165) is 6.42 Å². The number of aliphatic carboxylic acids is 1. The van der Waals surface area contributed by atoms with E-state index in [1.807, 2.05) is 6.92 Å². The minimum absolute atomic E-state index is 0.0139. The molecule has 2 fully saturated rings. The molecule has 0 aromatic carbocycles. The topological polar surface area (TPSA) is 66.8 Å². The smallest absolute Gasteiger partial charge is 0.411 e. The molecule has 1 amide bonds. The Morgan fingerprint density at radius 3 is 2.41 bits per heavy atom. The molecule has 2 aliphatic rings. The highest BCUT2D eigenvalue weighted by molar-refractivity contribution is 5.82. The minimum Gasteiger partial charge on any atom is -0.480 e. The average Bonchev–Trinajstić information content (AvgIpc) is 2.65. The van der Waals surface area contributed by atoms with E-state index in [1.165, 1.54) is 4.90 Å². The van der Waals surface area contributed by atoms with Crippen LogP contribution in [0.4, 0.5) is 4.79 Å². The molecule has 3 unspecified atom stereocenters. The third-order valence-electron chi connectivity index (χ3n) is 3.52. The Hall–Kier alpha value is -1.26. The lowest BCUT2D eigenvalue weighted by Gasteiger charge is -2.28. The van der Waals surface area contributed by atoms with Crippen molar-refractivity contribution in [3.05, 3.63) is 0 Å². The van der Waals surface area contributed by atoms with Gasteiger partial charge in [-0.15, -0.1) is 0 Å². The monoisotopic (exact) mass is 241 g/mol. The number of nitrogens with zero attached hydrogens (tertiary/aromatic N) is 1. The number of carboxylic acids is 1. The first-order chi connectivity index (χ1) is 7.64. The van der Waals surface area contributed by atoms with Crippen molar-refractivity contribution < 1.29 is 19.4 Å². The lowest BCUT2D eigenvalue weighted by molar-refractivity contribution is -0.142. The Morgan fingerprint density at radius 2 is 1.94 bits per heavy atom. The number of hydrogen-bond donors (Lipinski definition) is 1. The zero-order valence-corrected chi connectivity index (χ0v) is 10.7. The number of piperidine rings is 1. The number of carbonyl (C=O) groups is 2. The standard InChI is InChI=1S/C12H19NO4/c1-11(2,3)17-10(16)13-7(9(14)15)5-12(4)6-8(12)13/h7-8H,5-6H2,1-4H3,(H,14,15). The fourth-order valence-electron chi connectivity index (χ4n) is 2.57. The molecule has 1 aliphatic carbocycles. The van der Waals surface area contributed by atoms with Gasteiger partial charge >= 0.3 is 12.1 Å². The molecule has 1 heterocycles. The van der Waals surface area contributed by atoms with Crippen LogP contribution in [0.5, 0.6) is 0 Å². The highest BCUT2D eigenvalue weighted by Crippen LogP contribution is 2.59. The van der Waals surface area contributed by atoms with Crippen LogP contribution in [-0.4, -0.2) is 39.8 Å². The molecule has 1 aliphatic heterocycles. The van der Waals surface area contributed by atoms with Crippen LogP contribution < -0.4 is 0 Å². The summed E-state index contributed by atoms with van der Waals surface area (Å²) in [5, 5.41) is 9.13. The van der Waals surface area contributed by atoms with Gasteiger partial charge in [-0.3, -0.25) is 4.90 Å². The molecule has 1 saturated heterocycles. The van der Waals surface area contributed by atoms with Crippen LogP contribution in [0.25, 0.3) is 0 Å². The van der Waals surface area contributed by atoms with Crippen molar-refractivity contribution in [2.75, 3.05) is 0 Å². The average molecular weight is 241 g/mol. The summed E-state index contributed by atoms with van der Waals surface area (Å²) in [5.74, 6) is -0.940. The highest BCUT2D eigenvalue weighted by Gasteiger charge is 2.65. The number of ether oxygens (including phenoxy) is 1. The second kappa shape index (κ2) is 3.37. The molecule has 17 heavy (non-hydrogen) atoms. The number of fused-ring (bicyclic) bond motifs is 1. The Labute approximate surface area is 101 Å². The van der Waals surface area contributed by atoms with Crippen molar-refractivity contribution in [2.45, 2.75) is 58.2 Å². The van der Waals surface area contributed by atoms with Crippen LogP contribution in [0.1, 0.15) is 40.5 Å². The molecule has 3 atom stereocenters. The fourth-order valence-corrected chi connectivity index (χ4v) is 2.57. The Bertz CT molecular complexity index is 373. The number of likely N-dealkylation sites (tertiary alicyclic amines) is 1. The summed E-state index contributed by atoms with van der Waals surface area (Å²) in [5.41, 5.74) is -0.603. The maximum atomic E-state index is 12.0. The molecule has 1 saturated carbocycles. The molecule has 0 aromatic heterocycles. The summed E-state index contributed by atoms with van der Waals surface area (Å²) in [4.78, 5) is 24.5. The van der Waals surface area contributed by atoms with Crippen molar-refractivity contribution in [3.63, 3.8) is 0 Å². The molecule has 2 rings (SSSR count). The summed E-state index contributed by atoms with van der Waals surface area (Å²) in [6, 6.07) is -0.688. The van der Waals surface area contributed by atoms with Crippen LogP contribution in [0.2, 0.25) is 0 Å². The molecule has 0 bridgehead atoms. The molecule has 96 valence electrons. The summed E-state index contributed by atoms with van der Waals surface area (Å²) in [6.07, 6.45) is 0.915. The highest BCUT2D eigenvalue weighted by atomic mass is 16.6. The maximum absolute atomic E-state index is 12.0. The van der Waals surface area contributed by atoms with E-state index in [9.17, 15) is 9.59 Å². The van der Waals surface area contributed by atoms with E-state index in [0.29, 0.717) is 6.42 Å². The van der Waals surface area contributed by atoms with Gasteiger partial charge in [0.05, 0.1) is 0 Å². The van der Waals surface area contributed by atoms with Crippen LogP contribution in [-0.2, 0) is 9.53 Å². The lowest BCUT2D eigenvalue weighted by atomic mass is 10.0. The summed E-state index contributed by atoms with van der Waals surface area (Å²) < 4.78 is 5.27. The van der Waals surface area contributed by atoms with Gasteiger partial charge in [-0.25, -0.2) is 9.59 Å². The van der Waals surface area contributed by atoms with Crippen LogP contribution >= 0.6 is 0 Å². The Balaban J connectivity index is 2.13. The largest absolute Gasteiger partial charge is 0.480 e. The van der Waals surface area contributed by atoms with Gasteiger partial charge in [0.2, 0.25) is 0 Å². The fraction of sp³-hybridized carbons (Fsp3) is 0.833. The van der Waals surface area contributed by atoms with Gasteiger partial charge in [-0.1, -0.05) is 6.92 Å². The zero-order valence-electron chi connectivity index (χ0n) is 10.7. The van der Waals surface area contributed by atoms with Gasteiger partial charge < -0.3 is 9.84 Å². The first kappa shape index (κ1) is 12.2. The summed E-state index contributed by atoms with van der Waals surface area (Å²) in [7, 11) is 0. The second-order valence-electron chi connectivity index (χ2n) is 6.32. The van der Waals surface area contributed by atoms with Crippen LogP contribution in [0.3, 0.4) is 0 Å². The van der Waals surface area contributed by atoms with E-state index in [1.54, 1.807) is 20.8 Å². The van der Waals surface area contributed by atoms with E-state index in [4.69, 9.17) is 9.84 Å². The van der Waals surface area contributed by atoms with Gasteiger partial charge in [0.15, 0.2) is 0 Å². The molecule has 0 radical (unpaired) electrons. The normalized spacial score (nSPS) is 35.4. The number of amides is 1. The van der Waals surface area contributed by atoms with Crippen LogP contribution in [0, 0.1) is 5.41 Å². The van der Waals surface area contributed by atoms with E-state index >= 15 is 0 Å². The van der Waals surface area contributed by atoms with Crippen molar-refractivity contribution in [1.29, 1.82) is 0 Å². The van der Waals surface area contributed by atoms with Gasteiger partial charge in [0.25, 0.3) is 0 Å². The van der Waals surface area contributed by atoms with E-state index in [2.05, 4.69) is 0 Å². The maximum Gasteiger partial charge on any atom is 0.411 e. The van der Waals surface area contributed by atoms with Crippen molar-refractivity contribution in [1.82, 2.24) is 4.90 Å². The predicted molar refractivity (Wildman–Crippen MR) is 60.6 cm³/mol. The number of carboxylic acid groups (broad SMARTS) is 1. The first-order valence-electron chi connectivity index (χ1n) is 5.88. The van der Waals surface area contributed by atoms with Crippen LogP contribution in [0.15, 0.2) is 0 Å². The first-order valence-corrected chi connectivity index (χ1v) is 5.88. The molecular weight excluding hydrogens is 222 g/mol. The molecule has 5 heteroatoms. The van der Waals surface area contributed by atoms with Gasteiger partial charge in [0.1, 0.15) is 11.6 Å². The van der Waals surface area contributed by atoms with E-state index in [-0.39, 0.29) is 11.5 Å². The number of rotatable bonds is 1. The third kappa shape index (κ3) is 2.10. The number of carbonyl (C=O) groups excluding carboxylic acids is 1. The molecule has 1 N–H and O–H groups in total. The second-order valence-corrected chi connectivity index (χ2v) is 6.32. The number of hydrogen-bond acceptors (Lipinski definition) is 3. The molecule has 0 aromatic rings.